The molecular formula is C26H38N4O4. The lowest BCUT2D eigenvalue weighted by Crippen LogP contribution is -2.63. The van der Waals surface area contributed by atoms with Gasteiger partial charge in [0.05, 0.1) is 6.04 Å². The van der Waals surface area contributed by atoms with Crippen LogP contribution < -0.4 is 15.4 Å². The summed E-state index contributed by atoms with van der Waals surface area (Å²) < 4.78 is 11.5. The molecule has 1 aromatic carbocycles. The maximum absolute atomic E-state index is 13.3. The van der Waals surface area contributed by atoms with Crippen LogP contribution in [0.2, 0.25) is 0 Å². The summed E-state index contributed by atoms with van der Waals surface area (Å²) in [5, 5.41) is 14.9. The number of hydrogen-bond acceptors (Lipinski definition) is 5. The summed E-state index contributed by atoms with van der Waals surface area (Å²) in [6, 6.07) is 5.75. The molecule has 4 atom stereocenters. The zero-order valence-corrected chi connectivity index (χ0v) is 21.2. The molecule has 0 spiro atoms. The Morgan fingerprint density at radius 3 is 2.76 bits per heavy atom. The van der Waals surface area contributed by atoms with E-state index in [2.05, 4.69) is 10.6 Å². The van der Waals surface area contributed by atoms with Crippen LogP contribution in [0.15, 0.2) is 18.2 Å². The van der Waals surface area contributed by atoms with Gasteiger partial charge in [0.2, 0.25) is 11.8 Å². The molecule has 2 amide bonds. The molecule has 1 unspecified atom stereocenters. The van der Waals surface area contributed by atoms with Crippen LogP contribution in [0.3, 0.4) is 0 Å². The largest absolute Gasteiger partial charge is 0.487 e. The average molecular weight is 471 g/mol. The van der Waals surface area contributed by atoms with Crippen molar-refractivity contribution in [3.63, 3.8) is 0 Å². The number of fused-ring (bicyclic) bond motifs is 1. The summed E-state index contributed by atoms with van der Waals surface area (Å²) in [6.45, 7) is 10.4. The SMILES string of the molecule is COCC[C@H](C1C[C@H]1C(=O)N[C@H]1CC(C)(C)Oc2cc(C)ccc21)N1C(=N)NC(C)(C)CC1=O. The molecule has 4 rings (SSSR count). The van der Waals surface area contributed by atoms with Gasteiger partial charge in [-0.25, -0.2) is 0 Å². The highest BCUT2D eigenvalue weighted by molar-refractivity contribution is 5.99. The molecule has 8 nitrogen and oxygen atoms in total. The van der Waals surface area contributed by atoms with Crippen molar-refractivity contribution in [1.82, 2.24) is 15.5 Å². The van der Waals surface area contributed by atoms with Crippen molar-refractivity contribution < 1.29 is 19.1 Å². The second-order valence-electron chi connectivity index (χ2n) is 11.3. The molecule has 1 aliphatic carbocycles. The van der Waals surface area contributed by atoms with Crippen LogP contribution in [0.4, 0.5) is 0 Å². The zero-order chi connectivity index (χ0) is 24.8. The first kappa shape index (κ1) is 24.5. The van der Waals surface area contributed by atoms with Gasteiger partial charge in [0.15, 0.2) is 5.96 Å². The van der Waals surface area contributed by atoms with Crippen molar-refractivity contribution in [2.45, 2.75) is 83.5 Å². The van der Waals surface area contributed by atoms with Gasteiger partial charge >= 0.3 is 0 Å². The molecule has 3 aliphatic rings. The number of nitrogens with one attached hydrogen (secondary N) is 3. The molecule has 2 aliphatic heterocycles. The number of nitrogens with zero attached hydrogens (tertiary/aromatic N) is 1. The van der Waals surface area contributed by atoms with Crippen molar-refractivity contribution in [3.8, 4) is 5.75 Å². The van der Waals surface area contributed by atoms with Crippen LogP contribution in [-0.4, -0.2) is 53.6 Å². The van der Waals surface area contributed by atoms with Crippen molar-refractivity contribution in [1.29, 1.82) is 5.41 Å². The molecular weight excluding hydrogens is 432 g/mol. The van der Waals surface area contributed by atoms with E-state index in [0.717, 1.165) is 16.9 Å². The first-order chi connectivity index (χ1) is 15.9. The number of aryl methyl sites for hydroxylation is 1. The minimum absolute atomic E-state index is 0.00548. The third kappa shape index (κ3) is 5.06. The van der Waals surface area contributed by atoms with E-state index in [1.165, 1.54) is 0 Å². The van der Waals surface area contributed by atoms with Gasteiger partial charge in [-0.05, 0) is 65.0 Å². The predicted molar refractivity (Wildman–Crippen MR) is 130 cm³/mol. The first-order valence-corrected chi connectivity index (χ1v) is 12.2. The molecule has 8 heteroatoms. The van der Waals surface area contributed by atoms with E-state index in [-0.39, 0.29) is 47.3 Å². The fourth-order valence-electron chi connectivity index (χ4n) is 5.44. The predicted octanol–water partition coefficient (Wildman–Crippen LogP) is 3.29. The molecule has 1 saturated carbocycles. The number of ether oxygens (including phenoxy) is 2. The third-order valence-electron chi connectivity index (χ3n) is 7.12. The smallest absolute Gasteiger partial charge is 0.231 e. The Balaban J connectivity index is 1.48. The summed E-state index contributed by atoms with van der Waals surface area (Å²) in [7, 11) is 1.63. The van der Waals surface area contributed by atoms with Crippen molar-refractivity contribution in [2.75, 3.05) is 13.7 Å². The van der Waals surface area contributed by atoms with Gasteiger partial charge in [0.1, 0.15) is 11.4 Å². The van der Waals surface area contributed by atoms with E-state index in [4.69, 9.17) is 14.9 Å². The van der Waals surface area contributed by atoms with E-state index in [0.29, 0.717) is 32.3 Å². The summed E-state index contributed by atoms with van der Waals surface area (Å²) in [4.78, 5) is 27.9. The van der Waals surface area contributed by atoms with Crippen molar-refractivity contribution >= 4 is 17.8 Å². The first-order valence-electron chi connectivity index (χ1n) is 12.2. The van der Waals surface area contributed by atoms with Gasteiger partial charge in [-0.2, -0.15) is 0 Å². The number of carbonyl (C=O) groups is 2. The van der Waals surface area contributed by atoms with Crippen LogP contribution in [0.1, 0.15) is 70.5 Å². The molecule has 0 aromatic heterocycles. The van der Waals surface area contributed by atoms with E-state index in [1.54, 1.807) is 12.0 Å². The Labute approximate surface area is 202 Å². The lowest BCUT2D eigenvalue weighted by atomic mass is 9.89. The van der Waals surface area contributed by atoms with Crippen LogP contribution >= 0.6 is 0 Å². The van der Waals surface area contributed by atoms with Gasteiger partial charge in [-0.1, -0.05) is 12.1 Å². The molecule has 3 N–H and O–H groups in total. The zero-order valence-electron chi connectivity index (χ0n) is 21.2. The van der Waals surface area contributed by atoms with E-state index < -0.39 is 5.54 Å². The molecule has 186 valence electrons. The number of methoxy groups -OCH3 is 1. The number of guanidine groups is 1. The monoisotopic (exact) mass is 470 g/mol. The van der Waals surface area contributed by atoms with E-state index >= 15 is 0 Å². The Hall–Kier alpha value is -2.61. The highest BCUT2D eigenvalue weighted by Crippen LogP contribution is 2.46. The average Bonchev–Trinajstić information content (AvgIpc) is 3.48. The summed E-state index contributed by atoms with van der Waals surface area (Å²) >= 11 is 0. The van der Waals surface area contributed by atoms with Crippen LogP contribution in [0.5, 0.6) is 5.75 Å². The minimum Gasteiger partial charge on any atom is -0.487 e. The molecule has 2 fully saturated rings. The number of rotatable bonds is 7. The number of carbonyl (C=O) groups excluding carboxylic acids is 2. The van der Waals surface area contributed by atoms with Crippen LogP contribution in [-0.2, 0) is 14.3 Å². The number of hydrogen-bond donors (Lipinski definition) is 3. The molecule has 1 saturated heterocycles. The molecule has 2 heterocycles. The number of amides is 2. The van der Waals surface area contributed by atoms with Gasteiger partial charge in [0.25, 0.3) is 0 Å². The molecule has 34 heavy (non-hydrogen) atoms. The summed E-state index contributed by atoms with van der Waals surface area (Å²) in [6.07, 6.45) is 2.30. The second kappa shape index (κ2) is 8.87. The van der Waals surface area contributed by atoms with Gasteiger partial charge in [-0.15, -0.1) is 0 Å². The quantitative estimate of drug-likeness (QED) is 0.567. The molecule has 0 bridgehead atoms. The van der Waals surface area contributed by atoms with E-state index in [1.807, 2.05) is 52.8 Å². The highest BCUT2D eigenvalue weighted by atomic mass is 16.5. The van der Waals surface area contributed by atoms with Gasteiger partial charge in [0, 0.05) is 49.6 Å². The van der Waals surface area contributed by atoms with Crippen LogP contribution in [0, 0.1) is 24.2 Å². The topological polar surface area (TPSA) is 104 Å². The lowest BCUT2D eigenvalue weighted by Gasteiger charge is -2.42. The molecule has 0 radical (unpaired) electrons. The fourth-order valence-corrected chi connectivity index (χ4v) is 5.44. The fraction of sp³-hybridized carbons (Fsp3) is 0.654. The summed E-state index contributed by atoms with van der Waals surface area (Å²) in [5.74, 6) is 0.698. The Bertz CT molecular complexity index is 969. The minimum atomic E-state index is -0.446. The van der Waals surface area contributed by atoms with Crippen molar-refractivity contribution in [3.05, 3.63) is 29.3 Å². The Morgan fingerprint density at radius 1 is 1.35 bits per heavy atom. The van der Waals surface area contributed by atoms with Crippen molar-refractivity contribution in [2.24, 2.45) is 11.8 Å². The van der Waals surface area contributed by atoms with E-state index in [9.17, 15) is 9.59 Å². The Morgan fingerprint density at radius 2 is 2.09 bits per heavy atom. The third-order valence-corrected chi connectivity index (χ3v) is 7.12. The highest BCUT2D eigenvalue weighted by Gasteiger charge is 2.53. The lowest BCUT2D eigenvalue weighted by molar-refractivity contribution is -0.133. The Kier molecular flexibility index (Phi) is 6.40. The van der Waals surface area contributed by atoms with Crippen LogP contribution in [0.25, 0.3) is 0 Å². The second-order valence-corrected chi connectivity index (χ2v) is 11.3. The molecule has 1 aromatic rings. The normalized spacial score (nSPS) is 27.8. The summed E-state index contributed by atoms with van der Waals surface area (Å²) in [5.41, 5.74) is 1.30. The standard InChI is InChI=1S/C26H38N4O4/c1-15-7-8-16-19(13-26(4,5)34-21(16)11-15)28-23(32)18-12-17(18)20(9-10-33-6)30-22(31)14-25(2,3)29-24(30)27/h7-8,11,17-20H,9-10,12-14H2,1-6H3,(H2,27,29)(H,28,32)/t17?,18-,19+,20-/m1/s1. The van der Waals surface area contributed by atoms with Gasteiger partial charge < -0.3 is 20.1 Å². The van der Waals surface area contributed by atoms with Gasteiger partial charge in [-0.3, -0.25) is 19.9 Å². The number of benzene rings is 1. The maximum atomic E-state index is 13.3. The maximum Gasteiger partial charge on any atom is 0.231 e.